The molecule has 146 valence electrons. The van der Waals surface area contributed by atoms with Gasteiger partial charge in [0.25, 0.3) is 0 Å². The van der Waals surface area contributed by atoms with Crippen LogP contribution in [0.25, 0.3) is 10.9 Å². The van der Waals surface area contributed by atoms with Gasteiger partial charge in [-0.3, -0.25) is 4.99 Å². The lowest BCUT2D eigenvalue weighted by atomic mass is 10.1. The standard InChI is InChI=1S/C24H33BrN2/c1-5-6-7-8-9-10-11-12-15-18-27-22-17-14-13-16-20(22)21(23(27)25)19-26-24(2,3)4/h13-14,16-17,19H,5-9,12,15,18H2,1-4H3. The number of hydrogen-bond acceptors (Lipinski definition) is 1. The van der Waals surface area contributed by atoms with Gasteiger partial charge in [-0.2, -0.15) is 0 Å². The number of hydrogen-bond donors (Lipinski definition) is 0. The van der Waals surface area contributed by atoms with E-state index in [1.165, 1.54) is 42.1 Å². The highest BCUT2D eigenvalue weighted by Crippen LogP contribution is 2.30. The Morgan fingerprint density at radius 1 is 1.04 bits per heavy atom. The summed E-state index contributed by atoms with van der Waals surface area (Å²) in [5, 5.41) is 1.25. The Balaban J connectivity index is 2.03. The molecule has 1 aromatic heterocycles. The first-order chi connectivity index (χ1) is 12.9. The zero-order chi connectivity index (χ0) is 19.7. The molecule has 2 rings (SSSR count). The molecule has 0 spiro atoms. The van der Waals surface area contributed by atoms with E-state index in [0.29, 0.717) is 0 Å². The van der Waals surface area contributed by atoms with E-state index in [9.17, 15) is 0 Å². The summed E-state index contributed by atoms with van der Waals surface area (Å²) in [5.74, 6) is 6.68. The molecule has 2 nitrogen and oxygen atoms in total. The molecular weight excluding hydrogens is 396 g/mol. The fraction of sp³-hybridized carbons (Fsp3) is 0.542. The molecule has 0 unspecified atom stereocenters. The van der Waals surface area contributed by atoms with Gasteiger partial charge in [0, 0.05) is 42.1 Å². The highest BCUT2D eigenvalue weighted by Gasteiger charge is 2.14. The van der Waals surface area contributed by atoms with Crippen molar-refractivity contribution in [1.29, 1.82) is 0 Å². The zero-order valence-electron chi connectivity index (χ0n) is 17.3. The van der Waals surface area contributed by atoms with Crippen LogP contribution in [0.1, 0.15) is 78.2 Å². The average molecular weight is 429 g/mol. The molecule has 0 aliphatic carbocycles. The number of unbranched alkanes of at least 4 members (excludes halogenated alkanes) is 5. The SMILES string of the molecule is CCCCCCC#CCCCn1c(Br)c(C=NC(C)(C)C)c2ccccc21. The van der Waals surface area contributed by atoms with E-state index >= 15 is 0 Å². The second kappa shape index (κ2) is 10.7. The number of nitrogens with zero attached hydrogens (tertiary/aromatic N) is 2. The van der Waals surface area contributed by atoms with Crippen molar-refractivity contribution < 1.29 is 0 Å². The molecule has 0 aliphatic heterocycles. The Bertz CT molecular complexity index is 812. The van der Waals surface area contributed by atoms with Gasteiger partial charge in [0.1, 0.15) is 0 Å². The first kappa shape index (κ1) is 21.8. The lowest BCUT2D eigenvalue weighted by Gasteiger charge is -2.10. The van der Waals surface area contributed by atoms with Crippen LogP contribution >= 0.6 is 15.9 Å². The molecule has 0 fully saturated rings. The topological polar surface area (TPSA) is 17.3 Å². The van der Waals surface area contributed by atoms with Crippen molar-refractivity contribution in [3.05, 3.63) is 34.4 Å². The summed E-state index contributed by atoms with van der Waals surface area (Å²) in [6.45, 7) is 9.58. The third-order valence-electron chi connectivity index (χ3n) is 4.49. The van der Waals surface area contributed by atoms with Crippen LogP contribution in [0.4, 0.5) is 0 Å². The first-order valence-corrected chi connectivity index (χ1v) is 11.0. The van der Waals surface area contributed by atoms with E-state index < -0.39 is 0 Å². The predicted molar refractivity (Wildman–Crippen MR) is 123 cm³/mol. The van der Waals surface area contributed by atoms with E-state index in [0.717, 1.165) is 30.4 Å². The fourth-order valence-corrected chi connectivity index (χ4v) is 3.73. The molecule has 0 saturated carbocycles. The van der Waals surface area contributed by atoms with Crippen molar-refractivity contribution in [1.82, 2.24) is 4.57 Å². The lowest BCUT2D eigenvalue weighted by molar-refractivity contribution is 0.586. The van der Waals surface area contributed by atoms with Gasteiger partial charge in [-0.1, -0.05) is 44.4 Å². The maximum absolute atomic E-state index is 4.71. The number of fused-ring (bicyclic) bond motifs is 1. The second-order valence-electron chi connectivity index (χ2n) is 8.07. The number of benzene rings is 1. The lowest BCUT2D eigenvalue weighted by Crippen LogP contribution is -2.09. The van der Waals surface area contributed by atoms with Crippen LogP contribution in [-0.4, -0.2) is 16.3 Å². The van der Waals surface area contributed by atoms with Crippen molar-refractivity contribution in [3.63, 3.8) is 0 Å². The number of aliphatic imine (C=N–C) groups is 1. The Labute approximate surface area is 173 Å². The van der Waals surface area contributed by atoms with Gasteiger partial charge < -0.3 is 4.57 Å². The molecule has 1 heterocycles. The fourth-order valence-electron chi connectivity index (χ4n) is 3.04. The van der Waals surface area contributed by atoms with E-state index in [1.54, 1.807) is 0 Å². The van der Waals surface area contributed by atoms with Crippen LogP contribution in [0, 0.1) is 11.8 Å². The highest BCUT2D eigenvalue weighted by atomic mass is 79.9. The first-order valence-electron chi connectivity index (χ1n) is 10.2. The quantitative estimate of drug-likeness (QED) is 0.237. The van der Waals surface area contributed by atoms with Gasteiger partial charge in [-0.05, 0) is 55.6 Å². The van der Waals surface area contributed by atoms with Crippen LogP contribution in [0.2, 0.25) is 0 Å². The molecule has 0 saturated heterocycles. The number of para-hydroxylation sites is 1. The van der Waals surface area contributed by atoms with Crippen molar-refractivity contribution in [2.45, 2.75) is 84.7 Å². The largest absolute Gasteiger partial charge is 0.335 e. The minimum Gasteiger partial charge on any atom is -0.335 e. The van der Waals surface area contributed by atoms with Gasteiger partial charge in [0.2, 0.25) is 0 Å². The number of aryl methyl sites for hydroxylation is 1. The molecule has 0 bridgehead atoms. The molecule has 0 N–H and O–H groups in total. The Morgan fingerprint density at radius 3 is 2.44 bits per heavy atom. The molecular formula is C24H33BrN2. The van der Waals surface area contributed by atoms with Crippen LogP contribution < -0.4 is 0 Å². The van der Waals surface area contributed by atoms with Crippen molar-refractivity contribution in [3.8, 4) is 11.8 Å². The number of rotatable bonds is 8. The average Bonchev–Trinajstić information content (AvgIpc) is 2.89. The molecule has 2 aromatic rings. The highest BCUT2D eigenvalue weighted by molar-refractivity contribution is 9.10. The smallest absolute Gasteiger partial charge is 0.0946 e. The van der Waals surface area contributed by atoms with Gasteiger partial charge in [0.15, 0.2) is 0 Å². The minimum atomic E-state index is -0.0740. The second-order valence-corrected chi connectivity index (χ2v) is 8.82. The van der Waals surface area contributed by atoms with E-state index in [2.05, 4.69) is 84.3 Å². The zero-order valence-corrected chi connectivity index (χ0v) is 18.9. The molecule has 27 heavy (non-hydrogen) atoms. The van der Waals surface area contributed by atoms with Gasteiger partial charge in [0.05, 0.1) is 10.1 Å². The Kier molecular flexibility index (Phi) is 8.64. The maximum atomic E-state index is 4.71. The van der Waals surface area contributed by atoms with Crippen LogP contribution in [-0.2, 0) is 6.54 Å². The molecule has 0 amide bonds. The summed E-state index contributed by atoms with van der Waals surface area (Å²) in [6.07, 6.45) is 10.3. The summed E-state index contributed by atoms with van der Waals surface area (Å²) in [4.78, 5) is 4.71. The summed E-state index contributed by atoms with van der Waals surface area (Å²) in [5.41, 5.74) is 2.35. The predicted octanol–water partition coefficient (Wildman–Crippen LogP) is 7.38. The van der Waals surface area contributed by atoms with Crippen molar-refractivity contribution >= 4 is 33.0 Å². The van der Waals surface area contributed by atoms with Crippen LogP contribution in [0.3, 0.4) is 0 Å². The molecule has 0 radical (unpaired) electrons. The van der Waals surface area contributed by atoms with E-state index in [4.69, 9.17) is 4.99 Å². The minimum absolute atomic E-state index is 0.0740. The van der Waals surface area contributed by atoms with Gasteiger partial charge >= 0.3 is 0 Å². The molecule has 1 aromatic carbocycles. The molecule has 0 aliphatic rings. The van der Waals surface area contributed by atoms with E-state index in [-0.39, 0.29) is 5.54 Å². The number of aromatic nitrogens is 1. The third kappa shape index (κ3) is 6.85. The van der Waals surface area contributed by atoms with Crippen LogP contribution in [0.15, 0.2) is 33.9 Å². The van der Waals surface area contributed by atoms with Gasteiger partial charge in [-0.25, -0.2) is 0 Å². The van der Waals surface area contributed by atoms with E-state index in [1.807, 2.05) is 6.21 Å². The summed E-state index contributed by atoms with van der Waals surface area (Å²) in [6, 6.07) is 8.56. The molecule has 0 atom stereocenters. The third-order valence-corrected chi connectivity index (χ3v) is 5.34. The summed E-state index contributed by atoms with van der Waals surface area (Å²) < 4.78 is 3.46. The molecule has 3 heteroatoms. The number of halogens is 1. The Morgan fingerprint density at radius 2 is 1.74 bits per heavy atom. The van der Waals surface area contributed by atoms with Crippen molar-refractivity contribution in [2.24, 2.45) is 4.99 Å². The normalized spacial score (nSPS) is 11.9. The monoisotopic (exact) mass is 428 g/mol. The van der Waals surface area contributed by atoms with Crippen LogP contribution in [0.5, 0.6) is 0 Å². The summed E-state index contributed by atoms with van der Waals surface area (Å²) in [7, 11) is 0. The summed E-state index contributed by atoms with van der Waals surface area (Å²) >= 11 is 3.82. The van der Waals surface area contributed by atoms with Crippen molar-refractivity contribution in [2.75, 3.05) is 0 Å². The maximum Gasteiger partial charge on any atom is 0.0946 e. The Hall–Kier alpha value is -1.53. The van der Waals surface area contributed by atoms with Gasteiger partial charge in [-0.15, -0.1) is 11.8 Å².